The average molecular weight is 511 g/mol. The first-order valence-electron chi connectivity index (χ1n) is 11.7. The van der Waals surface area contributed by atoms with Crippen LogP contribution in [-0.4, -0.2) is 40.7 Å². The van der Waals surface area contributed by atoms with Crippen LogP contribution in [0.5, 0.6) is 5.75 Å². The van der Waals surface area contributed by atoms with Crippen LogP contribution in [0.4, 0.5) is 0 Å². The number of esters is 1. The van der Waals surface area contributed by atoms with Crippen LogP contribution < -0.4 is 21.5 Å². The third-order valence-electron chi connectivity index (χ3n) is 5.05. The van der Waals surface area contributed by atoms with E-state index in [-0.39, 0.29) is 29.8 Å². The second kappa shape index (κ2) is 15.5. The summed E-state index contributed by atoms with van der Waals surface area (Å²) in [6.45, 7) is 5.87. The fourth-order valence-electron chi connectivity index (χ4n) is 2.72. The fourth-order valence-corrected chi connectivity index (χ4v) is 2.72. The van der Waals surface area contributed by atoms with Gasteiger partial charge in [-0.3, -0.25) is 15.0 Å². The molecule has 0 radical (unpaired) electrons. The van der Waals surface area contributed by atoms with Gasteiger partial charge in [0.1, 0.15) is 17.6 Å². The molecule has 0 aromatic heterocycles. The van der Waals surface area contributed by atoms with E-state index in [1.807, 2.05) is 0 Å². The van der Waals surface area contributed by atoms with Crippen LogP contribution in [0.15, 0.2) is 54.1 Å². The minimum absolute atomic E-state index is 0.0929. The highest BCUT2D eigenvalue weighted by atomic mass is 16.5. The molecular formula is C27H34N4O6. The Hall–Kier alpha value is -4.47. The normalized spacial score (nSPS) is 11.4. The maximum atomic E-state index is 12.3. The number of carboxylic acids is 1. The number of primary amides is 1. The zero-order valence-electron chi connectivity index (χ0n) is 21.2. The molecule has 0 saturated carbocycles. The molecule has 0 aliphatic heterocycles. The molecule has 2 rings (SSSR count). The number of ether oxygens (including phenoxy) is 1. The molecule has 0 spiro atoms. The van der Waals surface area contributed by atoms with Crippen molar-refractivity contribution in [3.05, 3.63) is 70.8 Å². The number of amidine groups is 1. The molecule has 0 fully saturated rings. The number of amides is 2. The van der Waals surface area contributed by atoms with Gasteiger partial charge in [-0.25, -0.2) is 9.59 Å². The molecule has 198 valence electrons. The second-order valence-corrected chi connectivity index (χ2v) is 8.15. The number of nitrogen functional groups attached to an aromatic ring is 1. The molecule has 0 aliphatic rings. The van der Waals surface area contributed by atoms with E-state index in [2.05, 4.69) is 19.2 Å². The number of aliphatic carboxylic acids is 1. The van der Waals surface area contributed by atoms with Crippen molar-refractivity contribution in [3.63, 3.8) is 0 Å². The van der Waals surface area contributed by atoms with Crippen LogP contribution in [0.3, 0.4) is 0 Å². The van der Waals surface area contributed by atoms with Crippen LogP contribution in [0.25, 0.3) is 6.08 Å². The lowest BCUT2D eigenvalue weighted by Gasteiger charge is -2.14. The number of carbonyl (C=O) groups is 4. The first-order chi connectivity index (χ1) is 17.5. The van der Waals surface area contributed by atoms with E-state index < -0.39 is 29.8 Å². The molecular weight excluding hydrogens is 476 g/mol. The second-order valence-electron chi connectivity index (χ2n) is 8.15. The quantitative estimate of drug-likeness (QED) is 0.101. The monoisotopic (exact) mass is 510 g/mol. The number of hydrogen-bond donors (Lipinski definition) is 5. The number of hydrogen-bond acceptors (Lipinski definition) is 6. The summed E-state index contributed by atoms with van der Waals surface area (Å²) in [5.74, 6) is -2.92. The Morgan fingerprint density at radius 1 is 0.973 bits per heavy atom. The van der Waals surface area contributed by atoms with Crippen LogP contribution in [0, 0.1) is 5.41 Å². The first kappa shape index (κ1) is 30.6. The van der Waals surface area contributed by atoms with E-state index in [4.69, 9.17) is 21.6 Å². The first-order valence-corrected chi connectivity index (χ1v) is 11.7. The fraction of sp³-hybridized carbons (Fsp3) is 0.296. The third-order valence-corrected chi connectivity index (χ3v) is 5.05. The Morgan fingerprint density at radius 2 is 1.51 bits per heavy atom. The van der Waals surface area contributed by atoms with Gasteiger partial charge in [0.15, 0.2) is 0 Å². The summed E-state index contributed by atoms with van der Waals surface area (Å²) >= 11 is 0. The highest BCUT2D eigenvalue weighted by molar-refractivity contribution is 5.99. The van der Waals surface area contributed by atoms with Crippen molar-refractivity contribution >= 4 is 35.7 Å². The molecule has 7 N–H and O–H groups in total. The maximum absolute atomic E-state index is 12.3. The van der Waals surface area contributed by atoms with Crippen molar-refractivity contribution < 1.29 is 29.0 Å². The molecule has 2 aromatic carbocycles. The van der Waals surface area contributed by atoms with Crippen molar-refractivity contribution in [2.75, 3.05) is 0 Å². The lowest BCUT2D eigenvalue weighted by atomic mass is 10.1. The van der Waals surface area contributed by atoms with Gasteiger partial charge in [-0.1, -0.05) is 38.8 Å². The summed E-state index contributed by atoms with van der Waals surface area (Å²) in [7, 11) is 0. The van der Waals surface area contributed by atoms with E-state index in [1.165, 1.54) is 50.1 Å². The lowest BCUT2D eigenvalue weighted by Crippen LogP contribution is -2.41. The molecule has 2 amide bonds. The van der Waals surface area contributed by atoms with Crippen molar-refractivity contribution in [2.24, 2.45) is 11.5 Å². The highest BCUT2D eigenvalue weighted by Gasteiger charge is 2.21. The molecule has 0 unspecified atom stereocenters. The summed E-state index contributed by atoms with van der Waals surface area (Å²) < 4.78 is 5.28. The molecule has 10 nitrogen and oxygen atoms in total. The predicted octanol–water partition coefficient (Wildman–Crippen LogP) is 3.23. The molecule has 0 heterocycles. The third kappa shape index (κ3) is 11.2. The Balaban J connectivity index is 0.00000159. The Kier molecular flexibility index (Phi) is 12.8. The van der Waals surface area contributed by atoms with Gasteiger partial charge < -0.3 is 26.6 Å². The van der Waals surface area contributed by atoms with Gasteiger partial charge in [0.05, 0.1) is 5.56 Å². The zero-order chi connectivity index (χ0) is 28.0. The summed E-state index contributed by atoms with van der Waals surface area (Å²) in [5.41, 5.74) is 12.0. The van der Waals surface area contributed by atoms with E-state index >= 15 is 0 Å². The minimum Gasteiger partial charge on any atom is -0.480 e. The molecule has 0 aliphatic carbocycles. The zero-order valence-corrected chi connectivity index (χ0v) is 21.2. The van der Waals surface area contributed by atoms with Gasteiger partial charge in [-0.2, -0.15) is 0 Å². The van der Waals surface area contributed by atoms with Crippen molar-refractivity contribution in [1.29, 1.82) is 5.41 Å². The number of unbranched alkanes of at least 4 members (excludes halogenated alkanes) is 1. The number of carboxylic acid groups (broad SMARTS) is 1. The number of rotatable bonds is 11. The summed E-state index contributed by atoms with van der Waals surface area (Å²) in [4.78, 5) is 46.7. The Morgan fingerprint density at radius 3 is 1.97 bits per heavy atom. The predicted molar refractivity (Wildman–Crippen MR) is 141 cm³/mol. The van der Waals surface area contributed by atoms with Gasteiger partial charge in [0.25, 0.3) is 0 Å². The number of carbonyl (C=O) groups excluding carboxylic acids is 3. The lowest BCUT2D eigenvalue weighted by molar-refractivity contribution is -0.141. The van der Waals surface area contributed by atoms with Crippen molar-refractivity contribution in [3.8, 4) is 5.75 Å². The van der Waals surface area contributed by atoms with Gasteiger partial charge in [-0.05, 0) is 61.4 Å². The van der Waals surface area contributed by atoms with E-state index in [1.54, 1.807) is 24.3 Å². The summed E-state index contributed by atoms with van der Waals surface area (Å²) in [6, 6.07) is 11.2. The highest BCUT2D eigenvalue weighted by Crippen LogP contribution is 2.16. The van der Waals surface area contributed by atoms with Crippen molar-refractivity contribution in [1.82, 2.24) is 5.32 Å². The van der Waals surface area contributed by atoms with Crippen molar-refractivity contribution in [2.45, 2.75) is 52.5 Å². The molecule has 0 saturated heterocycles. The minimum atomic E-state index is -1.27. The number of nitrogens with two attached hydrogens (primary N) is 2. The topological polar surface area (TPSA) is 186 Å². The summed E-state index contributed by atoms with van der Waals surface area (Å²) in [6.07, 6.45) is 3.88. The van der Waals surface area contributed by atoms with Crippen LogP contribution >= 0.6 is 0 Å². The van der Waals surface area contributed by atoms with Crippen LogP contribution in [0.2, 0.25) is 0 Å². The smallest absolute Gasteiger partial charge is 0.343 e. The van der Waals surface area contributed by atoms with Gasteiger partial charge in [0, 0.05) is 17.6 Å². The molecule has 2 aromatic rings. The van der Waals surface area contributed by atoms with Gasteiger partial charge in [-0.15, -0.1) is 0 Å². The Bertz CT molecular complexity index is 1120. The SMILES string of the molecule is C/C(=C\c1ccc(C(=O)Oc2ccc(C(=N)N)cc2)cc1)C(=O)N[C@H](CCC(N)=O)C(=O)O.CCCC. The molecule has 10 heteroatoms. The van der Waals surface area contributed by atoms with Gasteiger partial charge in [0.2, 0.25) is 11.8 Å². The standard InChI is InChI=1S/C23H24N4O6.C4H10/c1-13(21(29)27-18(22(30)31)10-11-19(24)28)12-14-2-4-16(5-3-14)23(32)33-17-8-6-15(7-9-17)20(25)26;1-3-4-2/h2-9,12,18H,10-11H2,1H3,(H2,24,28)(H3,25,26)(H,27,29)(H,30,31);3-4H2,1-2H3/b13-12+;/t18-;/m1./s1. The average Bonchev–Trinajstić information content (AvgIpc) is 2.86. The van der Waals surface area contributed by atoms with Crippen LogP contribution in [-0.2, 0) is 14.4 Å². The van der Waals surface area contributed by atoms with E-state index in [9.17, 15) is 24.3 Å². The van der Waals surface area contributed by atoms with Gasteiger partial charge >= 0.3 is 11.9 Å². The number of benzene rings is 2. The maximum Gasteiger partial charge on any atom is 0.343 e. The Labute approximate surface area is 216 Å². The number of nitrogens with one attached hydrogen (secondary N) is 2. The summed E-state index contributed by atoms with van der Waals surface area (Å²) in [5, 5.41) is 18.9. The van der Waals surface area contributed by atoms with Crippen LogP contribution in [0.1, 0.15) is 67.9 Å². The molecule has 37 heavy (non-hydrogen) atoms. The van der Waals surface area contributed by atoms with E-state index in [0.717, 1.165) is 0 Å². The molecule has 1 atom stereocenters. The molecule has 0 bridgehead atoms. The van der Waals surface area contributed by atoms with E-state index in [0.29, 0.717) is 16.9 Å². The largest absolute Gasteiger partial charge is 0.480 e.